The molecule has 0 bridgehead atoms. The number of carbonyl (C=O) groups excluding carboxylic acids is 1. The van der Waals surface area contributed by atoms with Crippen molar-refractivity contribution in [3.05, 3.63) is 59.7 Å². The van der Waals surface area contributed by atoms with E-state index in [0.717, 1.165) is 28.9 Å². The lowest BCUT2D eigenvalue weighted by Crippen LogP contribution is -2.17. The molecule has 0 unspecified atom stereocenters. The lowest BCUT2D eigenvalue weighted by atomic mass is 9.80. The fraction of sp³-hybridized carbons (Fsp3) is 0.188. The van der Waals surface area contributed by atoms with Crippen LogP contribution in [0.3, 0.4) is 0 Å². The van der Waals surface area contributed by atoms with Gasteiger partial charge in [-0.15, -0.1) is 0 Å². The van der Waals surface area contributed by atoms with Crippen LogP contribution < -0.4 is 4.74 Å². The molecule has 1 atom stereocenters. The maximum absolute atomic E-state index is 11.2. The van der Waals surface area contributed by atoms with Crippen molar-refractivity contribution in [2.45, 2.75) is 12.8 Å². The van der Waals surface area contributed by atoms with Gasteiger partial charge in [0.25, 0.3) is 0 Å². The summed E-state index contributed by atoms with van der Waals surface area (Å²) in [6.45, 7) is 1.95. The number of hydrogen-bond donors (Lipinski definition) is 0. The zero-order valence-electron chi connectivity index (χ0n) is 10.2. The first-order chi connectivity index (χ1) is 8.81. The lowest BCUT2D eigenvalue weighted by molar-refractivity contribution is -0.111. The molecule has 0 amide bonds. The molecule has 0 saturated heterocycles. The van der Waals surface area contributed by atoms with Crippen molar-refractivity contribution in [2.75, 3.05) is 0 Å². The molecule has 0 aromatic heterocycles. The Morgan fingerprint density at radius 1 is 1.00 bits per heavy atom. The van der Waals surface area contributed by atoms with Gasteiger partial charge in [0.15, 0.2) is 0 Å². The second kappa shape index (κ2) is 4.30. The molecule has 0 saturated carbocycles. The number of carbonyl (C=O) groups is 1. The summed E-state index contributed by atoms with van der Waals surface area (Å²) >= 11 is 0. The quantitative estimate of drug-likeness (QED) is 0.745. The van der Waals surface area contributed by atoms with E-state index >= 15 is 0 Å². The Kier molecular flexibility index (Phi) is 2.63. The summed E-state index contributed by atoms with van der Waals surface area (Å²) in [5.74, 6) is 1.74. The van der Waals surface area contributed by atoms with Gasteiger partial charge >= 0.3 is 0 Å². The van der Waals surface area contributed by atoms with Crippen LogP contribution in [0.25, 0.3) is 0 Å². The van der Waals surface area contributed by atoms with Gasteiger partial charge in [-0.25, -0.2) is 0 Å². The van der Waals surface area contributed by atoms with Crippen molar-refractivity contribution in [1.82, 2.24) is 0 Å². The summed E-state index contributed by atoms with van der Waals surface area (Å²) in [5, 5.41) is 0. The highest BCUT2D eigenvalue weighted by Crippen LogP contribution is 2.46. The molecule has 2 aromatic carbocycles. The van der Waals surface area contributed by atoms with Gasteiger partial charge in [0.05, 0.1) is 0 Å². The fourth-order valence-corrected chi connectivity index (χ4v) is 2.59. The fourth-order valence-electron chi connectivity index (χ4n) is 2.59. The molecule has 1 heterocycles. The maximum atomic E-state index is 11.2. The standard InChI is InChI=1S/C16H14O2/c1-11(10-17)16-12-6-2-4-8-14(12)18-15-9-5-3-7-13(15)16/h2-11,16H,1H3/t11-/m1/s1. The first kappa shape index (κ1) is 11.0. The third-order valence-electron chi connectivity index (χ3n) is 3.47. The third-order valence-corrected chi connectivity index (χ3v) is 3.47. The van der Waals surface area contributed by atoms with E-state index in [1.165, 1.54) is 0 Å². The molecule has 0 N–H and O–H groups in total. The Hall–Kier alpha value is -2.09. The van der Waals surface area contributed by atoms with E-state index < -0.39 is 0 Å². The van der Waals surface area contributed by atoms with Crippen LogP contribution in [0.1, 0.15) is 24.0 Å². The number of ether oxygens (including phenoxy) is 1. The molecule has 0 radical (unpaired) electrons. The molecule has 3 rings (SSSR count). The number of aldehydes is 1. The average Bonchev–Trinajstić information content (AvgIpc) is 2.44. The van der Waals surface area contributed by atoms with Crippen molar-refractivity contribution in [3.63, 3.8) is 0 Å². The van der Waals surface area contributed by atoms with Crippen molar-refractivity contribution >= 4 is 6.29 Å². The van der Waals surface area contributed by atoms with E-state index in [4.69, 9.17) is 4.74 Å². The Labute approximate surface area is 106 Å². The van der Waals surface area contributed by atoms with Crippen LogP contribution in [0.2, 0.25) is 0 Å². The van der Waals surface area contributed by atoms with Crippen LogP contribution in [-0.2, 0) is 4.79 Å². The third kappa shape index (κ3) is 1.61. The summed E-state index contributed by atoms with van der Waals surface area (Å²) in [7, 11) is 0. The first-order valence-electron chi connectivity index (χ1n) is 6.12. The van der Waals surface area contributed by atoms with Crippen LogP contribution in [0.4, 0.5) is 0 Å². The molecule has 0 aliphatic carbocycles. The molecule has 1 aliphatic heterocycles. The molecule has 2 nitrogen and oxygen atoms in total. The molecule has 2 aromatic rings. The number of hydrogen-bond acceptors (Lipinski definition) is 2. The Morgan fingerprint density at radius 3 is 2.00 bits per heavy atom. The lowest BCUT2D eigenvalue weighted by Gasteiger charge is -2.30. The van der Waals surface area contributed by atoms with E-state index in [2.05, 4.69) is 0 Å². The second-order valence-corrected chi connectivity index (χ2v) is 4.65. The molecule has 90 valence electrons. The van der Waals surface area contributed by atoms with Gasteiger partial charge in [-0.05, 0) is 12.1 Å². The highest BCUT2D eigenvalue weighted by molar-refractivity contribution is 5.62. The van der Waals surface area contributed by atoms with Crippen molar-refractivity contribution < 1.29 is 9.53 Å². The van der Waals surface area contributed by atoms with Crippen LogP contribution in [0.15, 0.2) is 48.5 Å². The van der Waals surface area contributed by atoms with E-state index in [1.807, 2.05) is 55.5 Å². The SMILES string of the molecule is C[C@H](C=O)C1c2ccccc2Oc2ccccc21. The molecule has 1 aliphatic rings. The summed E-state index contributed by atoms with van der Waals surface area (Å²) in [5.41, 5.74) is 2.19. The van der Waals surface area contributed by atoms with E-state index in [0.29, 0.717) is 0 Å². The molecule has 0 fully saturated rings. The highest BCUT2D eigenvalue weighted by atomic mass is 16.5. The molecular weight excluding hydrogens is 224 g/mol. The summed E-state index contributed by atoms with van der Waals surface area (Å²) in [4.78, 5) is 11.2. The highest BCUT2D eigenvalue weighted by Gasteiger charge is 2.30. The average molecular weight is 238 g/mol. The van der Waals surface area contributed by atoms with Crippen molar-refractivity contribution in [1.29, 1.82) is 0 Å². The zero-order chi connectivity index (χ0) is 12.5. The van der Waals surface area contributed by atoms with Gasteiger partial charge in [0, 0.05) is 23.0 Å². The monoisotopic (exact) mass is 238 g/mol. The topological polar surface area (TPSA) is 26.3 Å². The van der Waals surface area contributed by atoms with Crippen LogP contribution >= 0.6 is 0 Å². The Bertz CT molecular complexity index is 544. The largest absolute Gasteiger partial charge is 0.457 e. The molecule has 18 heavy (non-hydrogen) atoms. The minimum atomic E-state index is -0.0591. The van der Waals surface area contributed by atoms with Gasteiger partial charge in [-0.1, -0.05) is 43.3 Å². The summed E-state index contributed by atoms with van der Waals surface area (Å²) in [6.07, 6.45) is 1.02. The molecule has 2 heteroatoms. The van der Waals surface area contributed by atoms with Crippen LogP contribution in [0, 0.1) is 5.92 Å². The van der Waals surface area contributed by atoms with Gasteiger partial charge in [0.1, 0.15) is 17.8 Å². The molecular formula is C16H14O2. The van der Waals surface area contributed by atoms with Gasteiger partial charge in [-0.3, -0.25) is 0 Å². The second-order valence-electron chi connectivity index (χ2n) is 4.65. The van der Waals surface area contributed by atoms with Gasteiger partial charge < -0.3 is 9.53 Å². The Balaban J connectivity index is 2.20. The van der Waals surface area contributed by atoms with E-state index in [1.54, 1.807) is 0 Å². The van der Waals surface area contributed by atoms with Crippen LogP contribution in [-0.4, -0.2) is 6.29 Å². The van der Waals surface area contributed by atoms with Gasteiger partial charge in [0.2, 0.25) is 0 Å². The van der Waals surface area contributed by atoms with E-state index in [-0.39, 0.29) is 11.8 Å². The number of benzene rings is 2. The van der Waals surface area contributed by atoms with Crippen molar-refractivity contribution in [3.8, 4) is 11.5 Å². The Morgan fingerprint density at radius 2 is 1.50 bits per heavy atom. The number of rotatable bonds is 2. The number of para-hydroxylation sites is 2. The zero-order valence-corrected chi connectivity index (χ0v) is 10.2. The minimum absolute atomic E-state index is 0.0591. The maximum Gasteiger partial charge on any atom is 0.131 e. The first-order valence-corrected chi connectivity index (χ1v) is 6.12. The predicted molar refractivity (Wildman–Crippen MR) is 70.0 cm³/mol. The summed E-state index contributed by atoms with van der Waals surface area (Å²) < 4.78 is 5.89. The van der Waals surface area contributed by atoms with Gasteiger partial charge in [-0.2, -0.15) is 0 Å². The van der Waals surface area contributed by atoms with Crippen molar-refractivity contribution in [2.24, 2.45) is 5.92 Å². The minimum Gasteiger partial charge on any atom is -0.457 e. The molecule has 0 spiro atoms. The van der Waals surface area contributed by atoms with E-state index in [9.17, 15) is 4.79 Å². The predicted octanol–water partition coefficient (Wildman–Crippen LogP) is 3.76. The normalized spacial score (nSPS) is 15.2. The smallest absolute Gasteiger partial charge is 0.131 e. The summed E-state index contributed by atoms with van der Waals surface area (Å²) in [6, 6.07) is 15.9. The number of fused-ring (bicyclic) bond motifs is 2. The van der Waals surface area contributed by atoms with Crippen LogP contribution in [0.5, 0.6) is 11.5 Å².